The van der Waals surface area contributed by atoms with E-state index >= 15 is 0 Å². The minimum absolute atomic E-state index is 0.212. The van der Waals surface area contributed by atoms with Crippen LogP contribution in [0.3, 0.4) is 0 Å². The molecule has 21 heavy (non-hydrogen) atoms. The van der Waals surface area contributed by atoms with E-state index in [1.807, 2.05) is 7.05 Å². The summed E-state index contributed by atoms with van der Waals surface area (Å²) in [5.41, 5.74) is 0.212. The molecule has 0 radical (unpaired) electrons. The zero-order valence-corrected chi connectivity index (χ0v) is 13.5. The van der Waals surface area contributed by atoms with Gasteiger partial charge in [-0.3, -0.25) is 5.10 Å². The lowest BCUT2D eigenvalue weighted by atomic mass is 9.75. The fraction of sp³-hybridized carbons (Fsp3) is 0.875. The summed E-state index contributed by atoms with van der Waals surface area (Å²) in [6.45, 7) is 5.60. The topological polar surface area (TPSA) is 56.8 Å². The maximum absolute atomic E-state index is 4.86. The minimum Gasteiger partial charge on any atom is -0.339 e. The molecule has 1 aliphatic heterocycles. The summed E-state index contributed by atoms with van der Waals surface area (Å²) in [6, 6.07) is 0. The largest absolute Gasteiger partial charge is 0.339 e. The van der Waals surface area contributed by atoms with Gasteiger partial charge >= 0.3 is 0 Å². The molecule has 1 saturated carbocycles. The van der Waals surface area contributed by atoms with Crippen LogP contribution in [-0.2, 0) is 5.41 Å². The maximum atomic E-state index is 4.86. The molecule has 0 spiro atoms. The highest BCUT2D eigenvalue weighted by atomic mass is 15.4. The van der Waals surface area contributed by atoms with Crippen LogP contribution >= 0.6 is 0 Å². The lowest BCUT2D eigenvalue weighted by Crippen LogP contribution is -2.39. The predicted molar refractivity (Wildman–Crippen MR) is 85.7 cm³/mol. The number of rotatable bonds is 4. The summed E-state index contributed by atoms with van der Waals surface area (Å²) in [7, 11) is 2.04. The van der Waals surface area contributed by atoms with Gasteiger partial charge in [-0.25, -0.2) is 0 Å². The van der Waals surface area contributed by atoms with Crippen LogP contribution in [-0.4, -0.2) is 41.9 Å². The lowest BCUT2D eigenvalue weighted by molar-refractivity contribution is 0.304. The van der Waals surface area contributed by atoms with Crippen LogP contribution in [0.4, 0.5) is 5.95 Å². The van der Waals surface area contributed by atoms with E-state index in [0.29, 0.717) is 0 Å². The van der Waals surface area contributed by atoms with Gasteiger partial charge in [-0.2, -0.15) is 4.98 Å². The van der Waals surface area contributed by atoms with Crippen molar-refractivity contribution < 1.29 is 0 Å². The van der Waals surface area contributed by atoms with E-state index in [-0.39, 0.29) is 5.41 Å². The van der Waals surface area contributed by atoms with Crippen LogP contribution in [0.1, 0.15) is 57.7 Å². The molecule has 118 valence electrons. The molecule has 1 aromatic rings. The molecule has 2 fully saturated rings. The van der Waals surface area contributed by atoms with Gasteiger partial charge in [0, 0.05) is 18.5 Å². The highest BCUT2D eigenvalue weighted by Crippen LogP contribution is 2.37. The lowest BCUT2D eigenvalue weighted by Gasteiger charge is -2.32. The van der Waals surface area contributed by atoms with Crippen molar-refractivity contribution in [1.82, 2.24) is 20.5 Å². The van der Waals surface area contributed by atoms with Gasteiger partial charge in [0.15, 0.2) is 0 Å². The average Bonchev–Trinajstić information content (AvgIpc) is 2.99. The molecule has 5 heteroatoms. The Kier molecular flexibility index (Phi) is 4.48. The van der Waals surface area contributed by atoms with Crippen molar-refractivity contribution in [3.63, 3.8) is 0 Å². The quantitative estimate of drug-likeness (QED) is 0.895. The third-order valence-electron chi connectivity index (χ3n) is 5.30. The SMILES string of the molecule is CNCC1CCCN(c2n[nH]c(C3(C)CCCCC3)n2)C1. The molecule has 1 aromatic heterocycles. The minimum atomic E-state index is 0.212. The number of anilines is 1. The molecule has 2 heterocycles. The summed E-state index contributed by atoms with van der Waals surface area (Å²) in [4.78, 5) is 7.22. The molecule has 1 aliphatic carbocycles. The zero-order chi connectivity index (χ0) is 14.7. The fourth-order valence-electron chi connectivity index (χ4n) is 3.94. The first kappa shape index (κ1) is 14.8. The summed E-state index contributed by atoms with van der Waals surface area (Å²) in [5.74, 6) is 2.74. The molecule has 1 saturated heterocycles. The molecule has 2 N–H and O–H groups in total. The van der Waals surface area contributed by atoms with Crippen molar-refractivity contribution >= 4 is 5.95 Å². The van der Waals surface area contributed by atoms with E-state index in [4.69, 9.17) is 4.98 Å². The molecular weight excluding hydrogens is 262 g/mol. The van der Waals surface area contributed by atoms with Crippen molar-refractivity contribution in [2.45, 2.75) is 57.3 Å². The zero-order valence-electron chi connectivity index (χ0n) is 13.5. The second-order valence-electron chi connectivity index (χ2n) is 7.12. The van der Waals surface area contributed by atoms with Crippen LogP contribution in [0.2, 0.25) is 0 Å². The summed E-state index contributed by atoms with van der Waals surface area (Å²) >= 11 is 0. The summed E-state index contributed by atoms with van der Waals surface area (Å²) < 4.78 is 0. The molecule has 0 aromatic carbocycles. The fourth-order valence-corrected chi connectivity index (χ4v) is 3.94. The molecule has 3 rings (SSSR count). The van der Waals surface area contributed by atoms with Crippen molar-refractivity contribution in [2.75, 3.05) is 31.6 Å². The van der Waals surface area contributed by atoms with Crippen LogP contribution < -0.4 is 10.2 Å². The summed E-state index contributed by atoms with van der Waals surface area (Å²) in [6.07, 6.45) is 9.04. The third-order valence-corrected chi connectivity index (χ3v) is 5.30. The van der Waals surface area contributed by atoms with Crippen LogP contribution in [0.25, 0.3) is 0 Å². The summed E-state index contributed by atoms with van der Waals surface area (Å²) in [5, 5.41) is 11.1. The molecule has 2 aliphatic rings. The van der Waals surface area contributed by atoms with Gasteiger partial charge in [-0.1, -0.05) is 26.2 Å². The monoisotopic (exact) mass is 291 g/mol. The standard InChI is InChI=1S/C16H29N5/c1-16(8-4-3-5-9-16)14-18-15(20-19-14)21-10-6-7-13(12-21)11-17-2/h13,17H,3-12H2,1-2H3,(H,18,19,20). The van der Waals surface area contributed by atoms with Gasteiger partial charge in [0.05, 0.1) is 0 Å². The molecule has 1 unspecified atom stereocenters. The number of hydrogen-bond acceptors (Lipinski definition) is 4. The average molecular weight is 291 g/mol. The van der Waals surface area contributed by atoms with Crippen molar-refractivity contribution in [3.05, 3.63) is 5.82 Å². The number of aromatic amines is 1. The second kappa shape index (κ2) is 6.34. The Bertz CT molecular complexity index is 447. The van der Waals surface area contributed by atoms with E-state index in [1.165, 1.54) is 44.9 Å². The van der Waals surface area contributed by atoms with Gasteiger partial charge in [0.25, 0.3) is 0 Å². The molecule has 0 bridgehead atoms. The second-order valence-corrected chi connectivity index (χ2v) is 7.12. The molecular formula is C16H29N5. The number of hydrogen-bond donors (Lipinski definition) is 2. The van der Waals surface area contributed by atoms with Gasteiger partial charge in [0.1, 0.15) is 5.82 Å². The van der Waals surface area contributed by atoms with Crippen molar-refractivity contribution in [2.24, 2.45) is 5.92 Å². The Labute approximate surface area is 127 Å². The molecule has 1 atom stereocenters. The first-order valence-electron chi connectivity index (χ1n) is 8.54. The normalized spacial score (nSPS) is 26.0. The van der Waals surface area contributed by atoms with Gasteiger partial charge in [-0.15, -0.1) is 5.10 Å². The Morgan fingerprint density at radius 1 is 1.29 bits per heavy atom. The van der Waals surface area contributed by atoms with E-state index in [1.54, 1.807) is 0 Å². The van der Waals surface area contributed by atoms with Crippen molar-refractivity contribution in [3.8, 4) is 0 Å². The Hall–Kier alpha value is -1.10. The van der Waals surface area contributed by atoms with Crippen molar-refractivity contribution in [1.29, 1.82) is 0 Å². The predicted octanol–water partition coefficient (Wildman–Crippen LogP) is 2.46. The first-order chi connectivity index (χ1) is 10.2. The van der Waals surface area contributed by atoms with Crippen LogP contribution in [0.15, 0.2) is 0 Å². The smallest absolute Gasteiger partial charge is 0.244 e. The maximum Gasteiger partial charge on any atom is 0.244 e. The number of piperidine rings is 1. The number of nitrogens with one attached hydrogen (secondary N) is 2. The van der Waals surface area contributed by atoms with Gasteiger partial charge in [-0.05, 0) is 45.2 Å². The Morgan fingerprint density at radius 3 is 2.86 bits per heavy atom. The molecule has 5 nitrogen and oxygen atoms in total. The first-order valence-corrected chi connectivity index (χ1v) is 8.54. The van der Waals surface area contributed by atoms with E-state index in [2.05, 4.69) is 27.3 Å². The van der Waals surface area contributed by atoms with Gasteiger partial charge < -0.3 is 10.2 Å². The third kappa shape index (κ3) is 3.23. The van der Waals surface area contributed by atoms with E-state index in [9.17, 15) is 0 Å². The van der Waals surface area contributed by atoms with Crippen LogP contribution in [0.5, 0.6) is 0 Å². The number of aromatic nitrogens is 3. The Balaban J connectivity index is 1.69. The number of nitrogens with zero attached hydrogens (tertiary/aromatic N) is 3. The Morgan fingerprint density at radius 2 is 2.10 bits per heavy atom. The highest BCUT2D eigenvalue weighted by Gasteiger charge is 2.33. The number of H-pyrrole nitrogens is 1. The highest BCUT2D eigenvalue weighted by molar-refractivity contribution is 5.31. The van der Waals surface area contributed by atoms with Gasteiger partial charge in [0.2, 0.25) is 5.95 Å². The van der Waals surface area contributed by atoms with E-state index < -0.39 is 0 Å². The van der Waals surface area contributed by atoms with E-state index in [0.717, 1.165) is 37.3 Å². The van der Waals surface area contributed by atoms with Crippen LogP contribution in [0, 0.1) is 5.92 Å². The molecule has 0 amide bonds.